The zero-order valence-corrected chi connectivity index (χ0v) is 27.1. The maximum atomic E-state index is 13.2. The first kappa shape index (κ1) is 31.2. The minimum Gasteiger partial charge on any atom is -0.820 e. The van der Waals surface area contributed by atoms with Gasteiger partial charge in [-0.25, -0.2) is 4.98 Å². The van der Waals surface area contributed by atoms with E-state index < -0.39 is 8.60 Å². The number of aromatic nitrogens is 2. The summed E-state index contributed by atoms with van der Waals surface area (Å²) >= 11 is 0. The molecular formula is C25H32N5Na2O4P. The molecule has 1 aliphatic heterocycles. The van der Waals surface area contributed by atoms with E-state index >= 15 is 0 Å². The summed E-state index contributed by atoms with van der Waals surface area (Å²) in [5.74, 6) is 2.50. The normalized spacial score (nSPS) is 24.1. The van der Waals surface area contributed by atoms with E-state index in [2.05, 4.69) is 52.6 Å². The van der Waals surface area contributed by atoms with E-state index in [1.165, 1.54) is 17.5 Å². The number of amides is 1. The van der Waals surface area contributed by atoms with Crippen LogP contribution in [0.4, 0.5) is 11.8 Å². The molecule has 0 radical (unpaired) electrons. The molecule has 188 valence electrons. The van der Waals surface area contributed by atoms with Crippen LogP contribution in [-0.2, 0) is 11.1 Å². The topological polar surface area (TPSA) is 126 Å². The average Bonchev–Trinajstić information content (AvgIpc) is 3.45. The molecule has 2 aliphatic carbocycles. The fourth-order valence-electron chi connectivity index (χ4n) is 5.18. The monoisotopic (exact) mass is 543 g/mol. The van der Waals surface area contributed by atoms with Crippen molar-refractivity contribution in [1.82, 2.24) is 15.3 Å². The summed E-state index contributed by atoms with van der Waals surface area (Å²) in [5.41, 5.74) is 4.01. The smallest absolute Gasteiger partial charge is 0.820 e. The van der Waals surface area contributed by atoms with Gasteiger partial charge in [-0.1, -0.05) is 18.2 Å². The minimum absolute atomic E-state index is 0. The molecule has 1 saturated heterocycles. The zero-order valence-electron chi connectivity index (χ0n) is 22.2. The van der Waals surface area contributed by atoms with Gasteiger partial charge in [0.05, 0.1) is 6.10 Å². The third-order valence-electron chi connectivity index (χ3n) is 7.56. The molecule has 5 rings (SSSR count). The summed E-state index contributed by atoms with van der Waals surface area (Å²) in [5, 5.41) is 6.47. The number of nitrogens with one attached hydrogen (secondary N) is 2. The van der Waals surface area contributed by atoms with Crippen molar-refractivity contribution in [3.63, 3.8) is 0 Å². The third kappa shape index (κ3) is 8.10. The van der Waals surface area contributed by atoms with E-state index in [0.29, 0.717) is 49.6 Å². The standard InChI is InChI=1S/C25H32N5O4P.2Na/c1-15-3-4-17(9-16(15)2)11-26-23-22(12-27-25(29-23)30-13-18-10-19(18)14-30)24(31)28-20-5-7-21(8-6-20)34-35(32)33;;/h3-4,9,12,18-21H,5-8,10-11,13-14H2,1-2H3,(H,28,31)(H,26,27,29);;/q-2;2*+1. The second kappa shape index (κ2) is 13.8. The number of fused-ring (bicyclic) bond motifs is 1. The number of aryl methyl sites for hydroxylation is 2. The van der Waals surface area contributed by atoms with Crippen molar-refractivity contribution in [3.05, 3.63) is 46.6 Å². The number of nitrogens with zero attached hydrogens (tertiary/aromatic N) is 3. The van der Waals surface area contributed by atoms with Gasteiger partial charge < -0.3 is 29.8 Å². The molecule has 1 amide bonds. The van der Waals surface area contributed by atoms with Crippen molar-refractivity contribution in [3.8, 4) is 0 Å². The molecule has 2 N–H and O–H groups in total. The first-order valence-corrected chi connectivity index (χ1v) is 13.5. The number of piperidine rings is 1. The molecule has 2 saturated carbocycles. The summed E-state index contributed by atoms with van der Waals surface area (Å²) in [6, 6.07) is 6.30. The Balaban J connectivity index is 0.00000190. The Kier molecular flexibility index (Phi) is 11.7. The molecule has 37 heavy (non-hydrogen) atoms. The molecule has 3 fully saturated rings. The molecule has 2 aromatic rings. The van der Waals surface area contributed by atoms with Crippen molar-refractivity contribution in [2.75, 3.05) is 23.3 Å². The van der Waals surface area contributed by atoms with Crippen LogP contribution in [-0.4, -0.2) is 41.1 Å². The Morgan fingerprint density at radius 1 is 1.11 bits per heavy atom. The zero-order chi connectivity index (χ0) is 24.5. The number of hydrogen-bond donors (Lipinski definition) is 2. The maximum absolute atomic E-state index is 13.2. The molecule has 1 aromatic carbocycles. The summed E-state index contributed by atoms with van der Waals surface area (Å²) in [4.78, 5) is 46.4. The van der Waals surface area contributed by atoms with Gasteiger partial charge in [-0.05, 0) is 74.5 Å². The fourth-order valence-corrected chi connectivity index (χ4v) is 5.64. The first-order valence-electron chi connectivity index (χ1n) is 12.4. The van der Waals surface area contributed by atoms with Crippen molar-refractivity contribution in [2.24, 2.45) is 11.8 Å². The number of carbonyl (C=O) groups is 1. The molecule has 2 unspecified atom stereocenters. The van der Waals surface area contributed by atoms with E-state index in [0.717, 1.165) is 30.5 Å². The predicted octanol–water partition coefficient (Wildman–Crippen LogP) is -3.83. The molecule has 0 spiro atoms. The Bertz CT molecular complexity index is 1080. The van der Waals surface area contributed by atoms with Crippen LogP contribution in [0.25, 0.3) is 0 Å². The van der Waals surface area contributed by atoms with Gasteiger partial charge in [-0.2, -0.15) is 13.6 Å². The molecular weight excluding hydrogens is 511 g/mol. The van der Waals surface area contributed by atoms with Gasteiger partial charge in [-0.15, -0.1) is 0 Å². The van der Waals surface area contributed by atoms with Crippen LogP contribution in [0.3, 0.4) is 0 Å². The van der Waals surface area contributed by atoms with E-state index in [1.54, 1.807) is 6.20 Å². The Hall–Kier alpha value is -0.320. The van der Waals surface area contributed by atoms with Gasteiger partial charge in [0.2, 0.25) is 5.95 Å². The van der Waals surface area contributed by atoms with Crippen molar-refractivity contribution in [2.45, 2.75) is 64.6 Å². The maximum Gasteiger partial charge on any atom is 1.00 e. The summed E-state index contributed by atoms with van der Waals surface area (Å²) < 4.78 is 4.92. The number of rotatable bonds is 8. The second-order valence-corrected chi connectivity index (χ2v) is 10.8. The quantitative estimate of drug-likeness (QED) is 0.257. The Labute approximate surface area is 264 Å². The van der Waals surface area contributed by atoms with E-state index in [-0.39, 0.29) is 77.2 Å². The first-order chi connectivity index (χ1) is 16.9. The molecule has 2 heterocycles. The second-order valence-electron chi connectivity index (χ2n) is 10.1. The molecule has 9 nitrogen and oxygen atoms in total. The van der Waals surface area contributed by atoms with Gasteiger partial charge in [0.15, 0.2) is 0 Å². The third-order valence-corrected chi connectivity index (χ3v) is 8.03. The van der Waals surface area contributed by atoms with Crippen molar-refractivity contribution < 1.29 is 78.2 Å². The summed E-state index contributed by atoms with van der Waals surface area (Å²) in [6.45, 7) is 6.69. The van der Waals surface area contributed by atoms with Gasteiger partial charge >= 0.3 is 59.1 Å². The van der Waals surface area contributed by atoms with E-state index in [1.807, 2.05) is 0 Å². The largest absolute Gasteiger partial charge is 1.00 e. The van der Waals surface area contributed by atoms with Gasteiger partial charge in [0.25, 0.3) is 5.91 Å². The van der Waals surface area contributed by atoms with Crippen LogP contribution in [0.2, 0.25) is 0 Å². The minimum atomic E-state index is -2.85. The van der Waals surface area contributed by atoms with Crippen LogP contribution in [0.1, 0.15) is 59.2 Å². The van der Waals surface area contributed by atoms with Crippen LogP contribution in [0.5, 0.6) is 0 Å². The Morgan fingerprint density at radius 3 is 2.46 bits per heavy atom. The predicted molar refractivity (Wildman–Crippen MR) is 131 cm³/mol. The molecule has 1 aromatic heterocycles. The van der Waals surface area contributed by atoms with Crippen LogP contribution >= 0.6 is 8.60 Å². The van der Waals surface area contributed by atoms with Gasteiger partial charge in [-0.3, -0.25) is 4.79 Å². The van der Waals surface area contributed by atoms with E-state index in [9.17, 15) is 14.6 Å². The Morgan fingerprint density at radius 2 is 1.81 bits per heavy atom. The van der Waals surface area contributed by atoms with Gasteiger partial charge in [0.1, 0.15) is 11.4 Å². The number of benzene rings is 1. The molecule has 0 bridgehead atoms. The SMILES string of the molecule is Cc1ccc(CNc2nc(N3CC4CC4C3)ncc2C(=O)NC2CCC(OP([O-])[O-])CC2)cc1C.[Na+].[Na+]. The molecule has 3 aliphatic rings. The van der Waals surface area contributed by atoms with Crippen LogP contribution < -0.4 is 84.4 Å². The van der Waals surface area contributed by atoms with Crippen molar-refractivity contribution >= 4 is 26.3 Å². The number of carbonyl (C=O) groups excluding carboxylic acids is 1. The summed E-state index contributed by atoms with van der Waals surface area (Å²) in [7, 11) is -2.85. The molecule has 2 atom stereocenters. The average molecular weight is 544 g/mol. The van der Waals surface area contributed by atoms with Gasteiger partial charge in [0, 0.05) is 31.9 Å². The number of anilines is 2. The fraction of sp³-hybridized carbons (Fsp3) is 0.560. The molecule has 12 heteroatoms. The number of hydrogen-bond acceptors (Lipinski definition) is 8. The summed E-state index contributed by atoms with van der Waals surface area (Å²) in [6.07, 6.45) is 5.15. The van der Waals surface area contributed by atoms with Crippen molar-refractivity contribution in [1.29, 1.82) is 0 Å². The van der Waals surface area contributed by atoms with E-state index in [4.69, 9.17) is 9.51 Å². The van der Waals surface area contributed by atoms with Crippen LogP contribution in [0.15, 0.2) is 24.4 Å². The van der Waals surface area contributed by atoms with Crippen LogP contribution in [0, 0.1) is 25.7 Å².